The van der Waals surface area contributed by atoms with Gasteiger partial charge in [0.1, 0.15) is 0 Å². The fraction of sp³-hybridized carbons (Fsp3) is 0.370. The summed E-state index contributed by atoms with van der Waals surface area (Å²) in [4.78, 5) is 53.1. The van der Waals surface area contributed by atoms with Gasteiger partial charge in [-0.3, -0.25) is 14.4 Å². The summed E-state index contributed by atoms with van der Waals surface area (Å²) in [5.41, 5.74) is -1.84. The number of nitrogens with zero attached hydrogens (tertiary/aromatic N) is 3. The lowest BCUT2D eigenvalue weighted by molar-refractivity contribution is -0.170. The monoisotopic (exact) mass is 519 g/mol. The largest absolute Gasteiger partial charge is 0.416 e. The SMILES string of the molecule is C[C@@H]1CCCN1CCc1ccc2cc(-n3nc4c5c(c3=O)OC(=O)CC(O)(CC(=O)O4)C(=O)O5)ccc2c1. The van der Waals surface area contributed by atoms with Crippen molar-refractivity contribution >= 4 is 28.7 Å². The number of fused-ring (bicyclic) bond motifs is 3. The number of esters is 3. The number of carbonyl (C=O) groups is 3. The van der Waals surface area contributed by atoms with E-state index in [9.17, 15) is 24.3 Å². The Morgan fingerprint density at radius 1 is 0.974 bits per heavy atom. The molecule has 1 saturated heterocycles. The lowest BCUT2D eigenvalue weighted by Crippen LogP contribution is -2.49. The standard InChI is InChI=1S/C27H25N3O8/c1-15-3-2-9-29(15)10-8-16-4-5-18-12-19(7-6-17(18)11-16)30-25(33)23-22-24(28-30)37-21(32)14-27(35,26(34)38-22)13-20(31)36-23/h4-7,11-12,15,35H,2-3,8-10,13-14H2,1H3/t15-,27?/m1/s1. The van der Waals surface area contributed by atoms with Crippen LogP contribution in [0.5, 0.6) is 17.4 Å². The molecule has 0 aliphatic carbocycles. The Labute approximate surface area is 216 Å². The highest BCUT2D eigenvalue weighted by atomic mass is 16.6. The minimum Gasteiger partial charge on any atom is -0.416 e. The zero-order valence-electron chi connectivity index (χ0n) is 20.6. The minimum atomic E-state index is -2.47. The highest BCUT2D eigenvalue weighted by molar-refractivity contribution is 5.95. The number of likely N-dealkylation sites (tertiary alicyclic amines) is 1. The van der Waals surface area contributed by atoms with E-state index < -0.39 is 59.3 Å². The van der Waals surface area contributed by atoms with Gasteiger partial charge in [0, 0.05) is 12.6 Å². The van der Waals surface area contributed by atoms with Crippen LogP contribution in [-0.2, 0) is 20.8 Å². The molecule has 0 saturated carbocycles. The fourth-order valence-electron chi connectivity index (χ4n) is 5.23. The number of hydrogen-bond donors (Lipinski definition) is 1. The lowest BCUT2D eigenvalue weighted by Gasteiger charge is -2.29. The Hall–Kier alpha value is -4.09. The molecule has 1 fully saturated rings. The van der Waals surface area contributed by atoms with E-state index in [1.165, 1.54) is 18.4 Å². The smallest absolute Gasteiger partial charge is 0.345 e. The molecular weight excluding hydrogens is 494 g/mol. The number of ether oxygens (including phenoxy) is 3. The van der Waals surface area contributed by atoms with Gasteiger partial charge in [0.15, 0.2) is 5.60 Å². The quantitative estimate of drug-likeness (QED) is 0.507. The van der Waals surface area contributed by atoms with Crippen LogP contribution in [0.15, 0.2) is 41.2 Å². The summed E-state index contributed by atoms with van der Waals surface area (Å²) in [6, 6.07) is 12.0. The minimum absolute atomic E-state index is 0.319. The van der Waals surface area contributed by atoms with E-state index in [4.69, 9.17) is 14.2 Å². The Morgan fingerprint density at radius 3 is 2.47 bits per heavy atom. The van der Waals surface area contributed by atoms with Crippen LogP contribution in [0.1, 0.15) is 38.2 Å². The Balaban J connectivity index is 1.37. The summed E-state index contributed by atoms with van der Waals surface area (Å²) in [5.74, 6) is -5.17. The molecule has 3 aromatic rings. The molecule has 2 atom stereocenters. The van der Waals surface area contributed by atoms with Gasteiger partial charge in [-0.05, 0) is 61.2 Å². The van der Waals surface area contributed by atoms with Crippen LogP contribution in [0.4, 0.5) is 0 Å². The number of aromatic nitrogens is 2. The van der Waals surface area contributed by atoms with Crippen molar-refractivity contribution in [2.24, 2.45) is 0 Å². The third-order valence-corrected chi connectivity index (χ3v) is 7.36. The molecule has 0 spiro atoms. The van der Waals surface area contributed by atoms with Crippen molar-refractivity contribution in [3.05, 3.63) is 52.3 Å². The molecule has 2 bridgehead atoms. The Bertz CT molecular complexity index is 1560. The van der Waals surface area contributed by atoms with Gasteiger partial charge in [-0.15, -0.1) is 5.10 Å². The first-order valence-electron chi connectivity index (χ1n) is 12.5. The van der Waals surface area contributed by atoms with Crippen LogP contribution in [0.2, 0.25) is 0 Å². The van der Waals surface area contributed by atoms with Crippen LogP contribution in [-0.4, -0.2) is 62.4 Å². The van der Waals surface area contributed by atoms with Crippen molar-refractivity contribution in [1.82, 2.24) is 14.7 Å². The summed E-state index contributed by atoms with van der Waals surface area (Å²) in [5, 5.41) is 16.4. The first-order chi connectivity index (χ1) is 18.2. The second-order valence-corrected chi connectivity index (χ2v) is 10.0. The first kappa shape index (κ1) is 24.3. The molecule has 0 amide bonds. The normalized spacial score (nSPS) is 23.3. The van der Waals surface area contributed by atoms with Crippen molar-refractivity contribution < 1.29 is 33.7 Å². The molecule has 196 valence electrons. The summed E-state index contributed by atoms with van der Waals surface area (Å²) in [7, 11) is 0. The van der Waals surface area contributed by atoms with Crippen molar-refractivity contribution in [3.8, 4) is 23.1 Å². The topological polar surface area (TPSA) is 137 Å². The van der Waals surface area contributed by atoms with Crippen LogP contribution in [0.25, 0.3) is 16.5 Å². The molecule has 3 aliphatic heterocycles. The van der Waals surface area contributed by atoms with Crippen molar-refractivity contribution in [2.75, 3.05) is 13.1 Å². The predicted octanol–water partition coefficient (Wildman–Crippen LogP) is 1.67. The van der Waals surface area contributed by atoms with Gasteiger partial charge < -0.3 is 24.2 Å². The molecular formula is C27H25N3O8. The van der Waals surface area contributed by atoms with Gasteiger partial charge >= 0.3 is 23.5 Å². The van der Waals surface area contributed by atoms with E-state index >= 15 is 0 Å². The summed E-state index contributed by atoms with van der Waals surface area (Å²) < 4.78 is 16.4. The molecule has 1 aromatic heterocycles. The molecule has 0 radical (unpaired) electrons. The van der Waals surface area contributed by atoms with Crippen molar-refractivity contribution in [3.63, 3.8) is 0 Å². The number of carbonyl (C=O) groups excluding carboxylic acids is 3. The summed E-state index contributed by atoms with van der Waals surface area (Å²) in [6.45, 7) is 4.40. The number of hydrogen-bond acceptors (Lipinski definition) is 10. The van der Waals surface area contributed by atoms with Gasteiger partial charge in [0.2, 0.25) is 11.5 Å². The number of benzene rings is 2. The van der Waals surface area contributed by atoms with Crippen LogP contribution >= 0.6 is 0 Å². The van der Waals surface area contributed by atoms with Gasteiger partial charge in [0.05, 0.1) is 18.5 Å². The second-order valence-electron chi connectivity index (χ2n) is 10.0. The lowest BCUT2D eigenvalue weighted by atomic mass is 9.95. The molecule has 11 heteroatoms. The predicted molar refractivity (Wildman–Crippen MR) is 132 cm³/mol. The van der Waals surface area contributed by atoms with E-state index in [0.29, 0.717) is 11.7 Å². The number of aliphatic hydroxyl groups is 1. The maximum atomic E-state index is 13.3. The van der Waals surface area contributed by atoms with Gasteiger partial charge in [-0.1, -0.05) is 24.3 Å². The van der Waals surface area contributed by atoms with Crippen LogP contribution in [0.3, 0.4) is 0 Å². The van der Waals surface area contributed by atoms with Crippen LogP contribution in [0, 0.1) is 0 Å². The third-order valence-electron chi connectivity index (χ3n) is 7.36. The molecule has 4 heterocycles. The Morgan fingerprint density at radius 2 is 1.71 bits per heavy atom. The maximum absolute atomic E-state index is 13.3. The number of rotatable bonds is 4. The van der Waals surface area contributed by atoms with Crippen molar-refractivity contribution in [1.29, 1.82) is 0 Å². The summed E-state index contributed by atoms with van der Waals surface area (Å²) in [6.07, 6.45) is 1.68. The van der Waals surface area contributed by atoms with Crippen LogP contribution < -0.4 is 19.8 Å². The third kappa shape index (κ3) is 4.23. The van der Waals surface area contributed by atoms with E-state index in [0.717, 1.165) is 35.0 Å². The molecule has 38 heavy (non-hydrogen) atoms. The maximum Gasteiger partial charge on any atom is 0.345 e. The first-order valence-corrected chi connectivity index (χ1v) is 12.5. The second kappa shape index (κ2) is 9.03. The zero-order chi connectivity index (χ0) is 26.6. The van der Waals surface area contributed by atoms with E-state index in [1.54, 1.807) is 12.1 Å². The highest BCUT2D eigenvalue weighted by Crippen LogP contribution is 2.39. The van der Waals surface area contributed by atoms with Crippen molar-refractivity contribution in [2.45, 2.75) is 50.7 Å². The van der Waals surface area contributed by atoms with Gasteiger partial charge in [-0.2, -0.15) is 4.68 Å². The van der Waals surface area contributed by atoms with E-state index in [-0.39, 0.29) is 0 Å². The fourth-order valence-corrected chi connectivity index (χ4v) is 5.23. The van der Waals surface area contributed by atoms with E-state index in [1.807, 2.05) is 18.2 Å². The molecule has 11 nitrogen and oxygen atoms in total. The van der Waals surface area contributed by atoms with E-state index in [2.05, 4.69) is 23.0 Å². The molecule has 2 aromatic carbocycles. The Kier molecular flexibility index (Phi) is 5.77. The molecule has 3 aliphatic rings. The zero-order valence-corrected chi connectivity index (χ0v) is 20.6. The average molecular weight is 520 g/mol. The average Bonchev–Trinajstić information content (AvgIpc) is 3.29. The van der Waals surface area contributed by atoms with Gasteiger partial charge in [-0.25, -0.2) is 4.79 Å². The highest BCUT2D eigenvalue weighted by Gasteiger charge is 2.48. The molecule has 1 unspecified atom stereocenters. The van der Waals surface area contributed by atoms with Gasteiger partial charge in [0.25, 0.3) is 5.88 Å². The summed E-state index contributed by atoms with van der Waals surface area (Å²) >= 11 is 0. The molecule has 6 rings (SSSR count). The molecule has 1 N–H and O–H groups in total.